The zero-order valence-electron chi connectivity index (χ0n) is 20.6. The molecular formula is C28H34FN3O3S. The van der Waals surface area contributed by atoms with Crippen molar-refractivity contribution in [2.75, 3.05) is 51.6 Å². The molecule has 0 radical (unpaired) electrons. The van der Waals surface area contributed by atoms with Gasteiger partial charge in [0.25, 0.3) is 0 Å². The second-order valence-electron chi connectivity index (χ2n) is 10.3. The van der Waals surface area contributed by atoms with Crippen LogP contribution in [-0.4, -0.2) is 78.9 Å². The number of thioether (sulfide) groups is 1. The van der Waals surface area contributed by atoms with E-state index in [1.165, 1.54) is 17.7 Å². The van der Waals surface area contributed by atoms with Crippen LogP contribution >= 0.6 is 11.8 Å². The van der Waals surface area contributed by atoms with Crippen molar-refractivity contribution in [3.8, 4) is 0 Å². The maximum Gasteiger partial charge on any atom is 0.307 e. The molecule has 4 aliphatic heterocycles. The quantitative estimate of drug-likeness (QED) is 0.235. The van der Waals surface area contributed by atoms with E-state index in [1.807, 2.05) is 17.8 Å². The molecule has 4 fully saturated rings. The first-order valence-electron chi connectivity index (χ1n) is 12.9. The molecule has 2 bridgehead atoms. The van der Waals surface area contributed by atoms with Gasteiger partial charge in [-0.1, -0.05) is 36.4 Å². The number of hydrogen-bond acceptors (Lipinski definition) is 6. The molecule has 6 rings (SSSR count). The molecule has 1 unspecified atom stereocenters. The number of hydrogen-bond donors (Lipinski definition) is 0. The minimum atomic E-state index is -0.402. The summed E-state index contributed by atoms with van der Waals surface area (Å²) in [7, 11) is 0. The van der Waals surface area contributed by atoms with E-state index in [4.69, 9.17) is 4.74 Å². The number of quaternary nitrogens is 1. The second-order valence-corrected chi connectivity index (χ2v) is 11.6. The largest absolute Gasteiger partial charge is 0.858 e. The normalized spacial score (nSPS) is 28.7. The summed E-state index contributed by atoms with van der Waals surface area (Å²) in [5, 5.41) is 13.1. The monoisotopic (exact) mass is 511 g/mol. The zero-order valence-corrected chi connectivity index (χ0v) is 21.4. The average Bonchev–Trinajstić information content (AvgIpc) is 2.88. The number of benzene rings is 2. The molecule has 4 aliphatic rings. The van der Waals surface area contributed by atoms with Gasteiger partial charge >= 0.3 is 5.97 Å². The van der Waals surface area contributed by atoms with Gasteiger partial charge in [0, 0.05) is 55.3 Å². The molecule has 0 aromatic heterocycles. The van der Waals surface area contributed by atoms with E-state index in [0.717, 1.165) is 44.8 Å². The number of aliphatic imine (C=N–C) groups is 1. The Balaban J connectivity index is 1.12. The van der Waals surface area contributed by atoms with Crippen molar-refractivity contribution >= 4 is 29.3 Å². The molecule has 0 saturated carbocycles. The zero-order chi connectivity index (χ0) is 25.0. The Bertz CT molecular complexity index is 1070. The highest BCUT2D eigenvalue weighted by molar-refractivity contribution is 7.99. The summed E-state index contributed by atoms with van der Waals surface area (Å²) < 4.78 is 20.0. The molecule has 192 valence electrons. The third-order valence-corrected chi connectivity index (χ3v) is 9.05. The first-order chi connectivity index (χ1) is 17.5. The summed E-state index contributed by atoms with van der Waals surface area (Å²) in [4.78, 5) is 19.3. The van der Waals surface area contributed by atoms with E-state index in [0.29, 0.717) is 40.8 Å². The van der Waals surface area contributed by atoms with Gasteiger partial charge in [-0.05, 0) is 23.8 Å². The molecule has 2 aromatic carbocycles. The summed E-state index contributed by atoms with van der Waals surface area (Å²) in [6.45, 7) is 5.38. The van der Waals surface area contributed by atoms with Gasteiger partial charge in [-0.15, -0.1) is 0 Å². The number of piperidine rings is 3. The van der Waals surface area contributed by atoms with E-state index in [9.17, 15) is 14.3 Å². The first-order valence-corrected chi connectivity index (χ1v) is 14.0. The first kappa shape index (κ1) is 25.2. The number of carbonyl (C=O) groups is 1. The van der Waals surface area contributed by atoms with Gasteiger partial charge < -0.3 is 19.2 Å². The number of rotatable bonds is 8. The maximum atomic E-state index is 13.4. The number of nitrogens with zero attached hydrogens (tertiary/aromatic N) is 3. The van der Waals surface area contributed by atoms with Crippen LogP contribution in [0.4, 0.5) is 10.1 Å². The highest BCUT2D eigenvalue weighted by atomic mass is 32.2. The van der Waals surface area contributed by atoms with Gasteiger partial charge in [0.1, 0.15) is 18.9 Å². The van der Waals surface area contributed by atoms with Crippen LogP contribution in [0.1, 0.15) is 30.1 Å². The lowest BCUT2D eigenvalue weighted by molar-refractivity contribution is -0.939. The van der Waals surface area contributed by atoms with Crippen molar-refractivity contribution in [1.82, 2.24) is 4.90 Å². The van der Waals surface area contributed by atoms with Crippen LogP contribution in [0.15, 0.2) is 59.6 Å². The lowest BCUT2D eigenvalue weighted by atomic mass is 9.83. The van der Waals surface area contributed by atoms with E-state index >= 15 is 0 Å². The van der Waals surface area contributed by atoms with Crippen LogP contribution in [0.5, 0.6) is 0 Å². The SMILES string of the molecule is O=C(CCN1CCSC(c2ccccc2)C1)O[C@@H]1C[N+]2(CC([O-])=Nc3cccc(F)c3)CCC1CC2. The fourth-order valence-corrected chi connectivity index (χ4v) is 7.15. The fourth-order valence-electron chi connectivity index (χ4n) is 5.84. The average molecular weight is 512 g/mol. The number of ether oxygens (including phenoxy) is 1. The molecular weight excluding hydrogens is 477 g/mol. The molecule has 4 heterocycles. The van der Waals surface area contributed by atoms with Crippen LogP contribution in [0, 0.1) is 11.7 Å². The van der Waals surface area contributed by atoms with Gasteiger partial charge in [0.15, 0.2) is 6.10 Å². The molecule has 4 saturated heterocycles. The number of halogens is 1. The van der Waals surface area contributed by atoms with Crippen molar-refractivity contribution in [3.63, 3.8) is 0 Å². The van der Waals surface area contributed by atoms with Crippen molar-refractivity contribution in [2.45, 2.75) is 30.6 Å². The van der Waals surface area contributed by atoms with Crippen LogP contribution in [0.25, 0.3) is 0 Å². The van der Waals surface area contributed by atoms with E-state index in [1.54, 1.807) is 12.1 Å². The minimum Gasteiger partial charge on any atom is -0.858 e. The predicted molar refractivity (Wildman–Crippen MR) is 139 cm³/mol. The molecule has 0 N–H and O–H groups in total. The van der Waals surface area contributed by atoms with Crippen molar-refractivity contribution < 1.29 is 23.5 Å². The molecule has 6 nitrogen and oxygen atoms in total. The Labute approximate surface area is 216 Å². The molecule has 8 heteroatoms. The topological polar surface area (TPSA) is 65.0 Å². The highest BCUT2D eigenvalue weighted by Gasteiger charge is 2.47. The molecule has 0 amide bonds. The molecule has 36 heavy (non-hydrogen) atoms. The van der Waals surface area contributed by atoms with Gasteiger partial charge in [-0.2, -0.15) is 11.8 Å². The Morgan fingerprint density at radius 2 is 1.97 bits per heavy atom. The highest BCUT2D eigenvalue weighted by Crippen LogP contribution is 2.36. The van der Waals surface area contributed by atoms with E-state index in [2.05, 4.69) is 34.2 Å². The Morgan fingerprint density at radius 3 is 2.75 bits per heavy atom. The number of esters is 1. The summed E-state index contributed by atoms with van der Waals surface area (Å²) in [6, 6.07) is 16.4. The Hall–Kier alpha value is -2.42. The molecule has 2 aromatic rings. The van der Waals surface area contributed by atoms with Gasteiger partial charge in [-0.25, -0.2) is 4.39 Å². The van der Waals surface area contributed by atoms with Crippen molar-refractivity contribution in [3.05, 3.63) is 66.0 Å². The van der Waals surface area contributed by atoms with E-state index in [-0.39, 0.29) is 24.5 Å². The molecule has 0 spiro atoms. The van der Waals surface area contributed by atoms with Crippen LogP contribution < -0.4 is 5.11 Å². The Morgan fingerprint density at radius 1 is 1.17 bits per heavy atom. The molecule has 0 aliphatic carbocycles. The standard InChI is InChI=1S/C28H34FN3O3S/c29-23-7-4-8-24(17-23)30-27(33)20-32-14-10-21(11-15-32)25(19-32)35-28(34)9-12-31-13-16-36-26(18-31)22-5-2-1-3-6-22/h1-8,17,21,25-26H,9-16,18-20H2/t21?,25-,26?,32?/m1/s1. The third-order valence-electron chi connectivity index (χ3n) is 7.81. The third kappa shape index (κ3) is 6.28. The van der Waals surface area contributed by atoms with Crippen LogP contribution in [-0.2, 0) is 9.53 Å². The predicted octanol–water partition coefficient (Wildman–Crippen LogP) is 3.55. The van der Waals surface area contributed by atoms with Crippen molar-refractivity contribution in [1.29, 1.82) is 0 Å². The lowest BCUT2D eigenvalue weighted by Gasteiger charge is -2.52. The summed E-state index contributed by atoms with van der Waals surface area (Å²) in [6.07, 6.45) is 2.15. The minimum absolute atomic E-state index is 0.142. The maximum absolute atomic E-state index is 13.4. The smallest absolute Gasteiger partial charge is 0.307 e. The fraction of sp³-hybridized carbons (Fsp3) is 0.500. The summed E-state index contributed by atoms with van der Waals surface area (Å²) in [5.74, 6) is 0.645. The Kier molecular flexibility index (Phi) is 7.93. The van der Waals surface area contributed by atoms with Crippen molar-refractivity contribution in [2.24, 2.45) is 10.9 Å². The number of carbonyl (C=O) groups excluding carboxylic acids is 1. The van der Waals surface area contributed by atoms with Gasteiger partial charge in [0.05, 0.1) is 25.2 Å². The summed E-state index contributed by atoms with van der Waals surface area (Å²) >= 11 is 1.98. The lowest BCUT2D eigenvalue weighted by Crippen LogP contribution is -2.66. The van der Waals surface area contributed by atoms with Gasteiger partial charge in [0.2, 0.25) is 0 Å². The molecule has 2 atom stereocenters. The summed E-state index contributed by atoms with van der Waals surface area (Å²) in [5.41, 5.74) is 1.69. The van der Waals surface area contributed by atoms with Crippen LogP contribution in [0.3, 0.4) is 0 Å². The van der Waals surface area contributed by atoms with E-state index < -0.39 is 5.82 Å². The second kappa shape index (κ2) is 11.3. The number of fused-ring (bicyclic) bond motifs is 3. The van der Waals surface area contributed by atoms with Crippen LogP contribution in [0.2, 0.25) is 0 Å². The van der Waals surface area contributed by atoms with Gasteiger partial charge in [-0.3, -0.25) is 9.79 Å².